The summed E-state index contributed by atoms with van der Waals surface area (Å²) in [5, 5.41) is 0. The van der Waals surface area contributed by atoms with Crippen LogP contribution in [0.15, 0.2) is 22.7 Å². The molecule has 3 heteroatoms. The van der Waals surface area contributed by atoms with Crippen LogP contribution in [0.25, 0.3) is 0 Å². The molecule has 1 aliphatic carbocycles. The van der Waals surface area contributed by atoms with Gasteiger partial charge in [-0.3, -0.25) is 0 Å². The van der Waals surface area contributed by atoms with Crippen LogP contribution in [-0.4, -0.2) is 7.11 Å². The van der Waals surface area contributed by atoms with Crippen LogP contribution in [0.3, 0.4) is 0 Å². The van der Waals surface area contributed by atoms with Crippen molar-refractivity contribution >= 4 is 31.9 Å². The minimum atomic E-state index is 0.417. The van der Waals surface area contributed by atoms with Gasteiger partial charge in [-0.2, -0.15) is 0 Å². The van der Waals surface area contributed by atoms with E-state index in [4.69, 9.17) is 4.74 Å². The smallest absolute Gasteiger partial charge is 0.123 e. The van der Waals surface area contributed by atoms with Gasteiger partial charge in [0, 0.05) is 14.9 Å². The fourth-order valence-corrected chi connectivity index (χ4v) is 3.38. The van der Waals surface area contributed by atoms with E-state index in [1.807, 2.05) is 12.1 Å². The molecule has 1 saturated carbocycles. The third-order valence-electron chi connectivity index (χ3n) is 3.04. The number of ether oxygens (including phenoxy) is 1. The maximum absolute atomic E-state index is 5.38. The van der Waals surface area contributed by atoms with Gasteiger partial charge in [-0.1, -0.05) is 38.8 Å². The van der Waals surface area contributed by atoms with Crippen LogP contribution in [0, 0.1) is 11.8 Å². The first-order valence-corrected chi connectivity index (χ1v) is 6.82. The molecule has 15 heavy (non-hydrogen) atoms. The van der Waals surface area contributed by atoms with Crippen molar-refractivity contribution in [3.63, 3.8) is 0 Å². The second-order valence-electron chi connectivity index (χ2n) is 4.16. The molecule has 1 nitrogen and oxygen atoms in total. The molecule has 0 radical (unpaired) electrons. The molecule has 0 spiro atoms. The van der Waals surface area contributed by atoms with E-state index in [0.717, 1.165) is 22.1 Å². The number of benzene rings is 1. The number of methoxy groups -OCH3 is 1. The molecule has 0 N–H and O–H groups in total. The van der Waals surface area contributed by atoms with Crippen molar-refractivity contribution in [2.75, 3.05) is 7.11 Å². The van der Waals surface area contributed by atoms with E-state index < -0.39 is 0 Å². The first-order chi connectivity index (χ1) is 7.13. The van der Waals surface area contributed by atoms with Gasteiger partial charge in [0.1, 0.15) is 5.75 Å². The zero-order chi connectivity index (χ0) is 11.0. The van der Waals surface area contributed by atoms with Gasteiger partial charge in [0.15, 0.2) is 0 Å². The van der Waals surface area contributed by atoms with Crippen molar-refractivity contribution in [2.24, 2.45) is 11.8 Å². The lowest BCUT2D eigenvalue weighted by atomic mass is 10.1. The summed E-state index contributed by atoms with van der Waals surface area (Å²) in [5.41, 5.74) is 1.25. The summed E-state index contributed by atoms with van der Waals surface area (Å²) in [5.74, 6) is 2.56. The van der Waals surface area contributed by atoms with Crippen LogP contribution in [0.4, 0.5) is 0 Å². The lowest BCUT2D eigenvalue weighted by Crippen LogP contribution is -1.98. The number of hydrogen-bond donors (Lipinski definition) is 0. The highest BCUT2D eigenvalue weighted by Crippen LogP contribution is 2.53. The lowest BCUT2D eigenvalue weighted by Gasteiger charge is -2.14. The Bertz CT molecular complexity index is 365. The van der Waals surface area contributed by atoms with Gasteiger partial charge >= 0.3 is 0 Å². The van der Waals surface area contributed by atoms with Crippen LogP contribution < -0.4 is 4.74 Å². The summed E-state index contributed by atoms with van der Waals surface area (Å²) in [7, 11) is 1.72. The Kier molecular flexibility index (Phi) is 3.41. The first-order valence-electron chi connectivity index (χ1n) is 5.11. The Hall–Kier alpha value is -0.0200. The zero-order valence-corrected chi connectivity index (χ0v) is 12.0. The molecule has 1 aliphatic rings. The average molecular weight is 334 g/mol. The van der Waals surface area contributed by atoms with Crippen molar-refractivity contribution in [3.05, 3.63) is 28.2 Å². The Labute approximate surface area is 107 Å². The fraction of sp³-hybridized carbons (Fsp3) is 0.500. The van der Waals surface area contributed by atoms with Crippen LogP contribution >= 0.6 is 31.9 Å². The van der Waals surface area contributed by atoms with Gasteiger partial charge in [0.25, 0.3) is 0 Å². The monoisotopic (exact) mass is 332 g/mol. The fourth-order valence-electron chi connectivity index (χ4n) is 1.91. The van der Waals surface area contributed by atoms with Gasteiger partial charge in [-0.25, -0.2) is 0 Å². The number of rotatable bonds is 3. The predicted octanol–water partition coefficient (Wildman–Crippen LogP) is 4.55. The van der Waals surface area contributed by atoms with E-state index in [1.54, 1.807) is 7.11 Å². The predicted molar refractivity (Wildman–Crippen MR) is 69.6 cm³/mol. The molecule has 1 aromatic rings. The molecular weight excluding hydrogens is 320 g/mol. The van der Waals surface area contributed by atoms with Gasteiger partial charge < -0.3 is 4.74 Å². The summed E-state index contributed by atoms with van der Waals surface area (Å²) in [6.07, 6.45) is 1.31. The molecular formula is C12H14Br2O. The highest BCUT2D eigenvalue weighted by Gasteiger charge is 2.39. The molecule has 0 heterocycles. The van der Waals surface area contributed by atoms with Gasteiger partial charge in [0.05, 0.1) is 7.11 Å². The SMILES string of the molecule is COc1ccc(Br)cc1C(Br)C1CC1C. The maximum atomic E-state index is 5.38. The third-order valence-corrected chi connectivity index (χ3v) is 4.70. The topological polar surface area (TPSA) is 9.23 Å². The highest BCUT2D eigenvalue weighted by atomic mass is 79.9. The van der Waals surface area contributed by atoms with E-state index in [9.17, 15) is 0 Å². The second kappa shape index (κ2) is 4.46. The number of hydrogen-bond acceptors (Lipinski definition) is 1. The van der Waals surface area contributed by atoms with Crippen molar-refractivity contribution in [1.29, 1.82) is 0 Å². The summed E-state index contributed by atoms with van der Waals surface area (Å²) in [4.78, 5) is 0.417. The van der Waals surface area contributed by atoms with E-state index in [-0.39, 0.29) is 0 Å². The molecule has 82 valence electrons. The number of halogens is 2. The van der Waals surface area contributed by atoms with E-state index in [0.29, 0.717) is 4.83 Å². The summed E-state index contributed by atoms with van der Waals surface area (Å²) >= 11 is 7.28. The third kappa shape index (κ3) is 2.39. The normalized spacial score (nSPS) is 26.1. The quantitative estimate of drug-likeness (QED) is 0.737. The van der Waals surface area contributed by atoms with E-state index in [2.05, 4.69) is 44.8 Å². The van der Waals surface area contributed by atoms with Crippen molar-refractivity contribution in [2.45, 2.75) is 18.2 Å². The minimum absolute atomic E-state index is 0.417. The van der Waals surface area contributed by atoms with Gasteiger partial charge in [0.2, 0.25) is 0 Å². The summed E-state index contributed by atoms with van der Waals surface area (Å²) < 4.78 is 6.49. The Balaban J connectivity index is 2.28. The summed E-state index contributed by atoms with van der Waals surface area (Å²) in [6.45, 7) is 2.30. The van der Waals surface area contributed by atoms with Crippen LogP contribution in [0.1, 0.15) is 23.7 Å². The highest BCUT2D eigenvalue weighted by molar-refractivity contribution is 9.10. The molecule has 3 unspecified atom stereocenters. The molecule has 0 bridgehead atoms. The number of alkyl halides is 1. The molecule has 0 aliphatic heterocycles. The maximum Gasteiger partial charge on any atom is 0.123 e. The average Bonchev–Trinajstić information content (AvgIpc) is 2.94. The zero-order valence-electron chi connectivity index (χ0n) is 8.84. The molecule has 2 rings (SSSR count). The standard InChI is InChI=1S/C12H14Br2O/c1-7-5-9(7)12(14)10-6-8(13)3-4-11(10)15-2/h3-4,6-7,9,12H,5H2,1-2H3. The summed E-state index contributed by atoms with van der Waals surface area (Å²) in [6, 6.07) is 6.17. The van der Waals surface area contributed by atoms with Crippen LogP contribution in [0.2, 0.25) is 0 Å². The Morgan fingerprint density at radius 3 is 2.67 bits per heavy atom. The van der Waals surface area contributed by atoms with E-state index in [1.165, 1.54) is 12.0 Å². The van der Waals surface area contributed by atoms with Crippen LogP contribution in [0.5, 0.6) is 5.75 Å². The molecule has 1 aromatic carbocycles. The lowest BCUT2D eigenvalue weighted by molar-refractivity contribution is 0.408. The van der Waals surface area contributed by atoms with E-state index >= 15 is 0 Å². The molecule has 0 amide bonds. The molecule has 1 fully saturated rings. The largest absolute Gasteiger partial charge is 0.496 e. The molecule has 3 atom stereocenters. The Morgan fingerprint density at radius 1 is 1.47 bits per heavy atom. The second-order valence-corrected chi connectivity index (χ2v) is 6.07. The van der Waals surface area contributed by atoms with Crippen LogP contribution in [-0.2, 0) is 0 Å². The first kappa shape index (κ1) is 11.5. The van der Waals surface area contributed by atoms with Crippen molar-refractivity contribution in [1.82, 2.24) is 0 Å². The Morgan fingerprint density at radius 2 is 2.13 bits per heavy atom. The van der Waals surface area contributed by atoms with Crippen molar-refractivity contribution < 1.29 is 4.74 Å². The minimum Gasteiger partial charge on any atom is -0.496 e. The van der Waals surface area contributed by atoms with Crippen molar-refractivity contribution in [3.8, 4) is 5.75 Å². The molecule has 0 saturated heterocycles. The molecule has 0 aromatic heterocycles. The van der Waals surface area contributed by atoms with Gasteiger partial charge in [-0.05, 0) is 36.5 Å². The van der Waals surface area contributed by atoms with Gasteiger partial charge in [-0.15, -0.1) is 0 Å².